The van der Waals surface area contributed by atoms with Crippen LogP contribution < -0.4 is 0 Å². The molecule has 0 bridgehead atoms. The van der Waals surface area contributed by atoms with Crippen LogP contribution in [0.4, 0.5) is 0 Å². The second-order valence-corrected chi connectivity index (χ2v) is 4.06. The SMILES string of the molecule is COC(=O)C(C)CN(C)C(=O)c1ccoc1Cl. The van der Waals surface area contributed by atoms with Gasteiger partial charge in [-0.05, 0) is 17.7 Å². The molecule has 5 nitrogen and oxygen atoms in total. The Morgan fingerprint density at radius 3 is 2.71 bits per heavy atom. The van der Waals surface area contributed by atoms with Gasteiger partial charge in [-0.15, -0.1) is 0 Å². The number of rotatable bonds is 4. The molecule has 1 amide bonds. The molecule has 0 aliphatic heterocycles. The lowest BCUT2D eigenvalue weighted by atomic mass is 10.1. The average molecular weight is 260 g/mol. The molecule has 0 aliphatic rings. The van der Waals surface area contributed by atoms with E-state index in [0.717, 1.165) is 0 Å². The van der Waals surface area contributed by atoms with Crippen molar-refractivity contribution in [3.63, 3.8) is 0 Å². The summed E-state index contributed by atoms with van der Waals surface area (Å²) in [6, 6.07) is 1.49. The van der Waals surface area contributed by atoms with Crippen molar-refractivity contribution >= 4 is 23.5 Å². The maximum absolute atomic E-state index is 11.9. The highest BCUT2D eigenvalue weighted by Gasteiger charge is 2.22. The number of hydrogen-bond donors (Lipinski definition) is 0. The van der Waals surface area contributed by atoms with E-state index in [1.165, 1.54) is 24.3 Å². The van der Waals surface area contributed by atoms with E-state index in [-0.39, 0.29) is 35.1 Å². The van der Waals surface area contributed by atoms with Crippen LogP contribution in [0.15, 0.2) is 16.7 Å². The van der Waals surface area contributed by atoms with Gasteiger partial charge in [-0.25, -0.2) is 0 Å². The molecule has 1 heterocycles. The molecule has 0 aromatic carbocycles. The standard InChI is InChI=1S/C11H14ClNO4/c1-7(11(15)16-3)6-13(2)10(14)8-4-5-17-9(8)12/h4-5,7H,6H2,1-3H3. The fraction of sp³-hybridized carbons (Fsp3) is 0.455. The van der Waals surface area contributed by atoms with Crippen molar-refractivity contribution in [2.24, 2.45) is 5.92 Å². The molecule has 0 spiro atoms. The molecular formula is C11H14ClNO4. The fourth-order valence-corrected chi connectivity index (χ4v) is 1.62. The zero-order chi connectivity index (χ0) is 13.0. The zero-order valence-electron chi connectivity index (χ0n) is 9.90. The van der Waals surface area contributed by atoms with Crippen molar-refractivity contribution in [1.29, 1.82) is 0 Å². The summed E-state index contributed by atoms with van der Waals surface area (Å²) in [5.74, 6) is -1.04. The Balaban J connectivity index is 2.65. The van der Waals surface area contributed by atoms with Crippen LogP contribution in [0.2, 0.25) is 5.22 Å². The van der Waals surface area contributed by atoms with E-state index in [0.29, 0.717) is 0 Å². The third kappa shape index (κ3) is 3.23. The Kier molecular flexibility index (Phi) is 4.57. The highest BCUT2D eigenvalue weighted by molar-refractivity contribution is 6.32. The fourth-order valence-electron chi connectivity index (χ4n) is 1.42. The Labute approximate surface area is 104 Å². The number of furan rings is 1. The number of esters is 1. The molecule has 0 saturated heterocycles. The first kappa shape index (κ1) is 13.6. The van der Waals surface area contributed by atoms with Gasteiger partial charge in [-0.1, -0.05) is 6.92 Å². The molecule has 0 N–H and O–H groups in total. The maximum atomic E-state index is 11.9. The summed E-state index contributed by atoms with van der Waals surface area (Å²) < 4.78 is 9.42. The second kappa shape index (κ2) is 5.72. The van der Waals surface area contributed by atoms with Crippen LogP contribution in [-0.4, -0.2) is 37.5 Å². The third-order valence-electron chi connectivity index (χ3n) is 2.35. The molecule has 1 aromatic rings. The average Bonchev–Trinajstić information content (AvgIpc) is 2.73. The lowest BCUT2D eigenvalue weighted by Gasteiger charge is -2.19. The number of carbonyl (C=O) groups excluding carboxylic acids is 2. The predicted octanol–water partition coefficient (Wildman–Crippen LogP) is 1.81. The molecule has 1 rings (SSSR count). The summed E-state index contributed by atoms with van der Waals surface area (Å²) in [7, 11) is 2.90. The van der Waals surface area contributed by atoms with E-state index < -0.39 is 0 Å². The number of halogens is 1. The van der Waals surface area contributed by atoms with Crippen LogP contribution in [0.5, 0.6) is 0 Å². The number of ether oxygens (including phenoxy) is 1. The van der Waals surface area contributed by atoms with E-state index in [1.807, 2.05) is 0 Å². The summed E-state index contributed by atoms with van der Waals surface area (Å²) >= 11 is 5.70. The van der Waals surface area contributed by atoms with Crippen LogP contribution in [0.25, 0.3) is 0 Å². The smallest absolute Gasteiger partial charge is 0.310 e. The van der Waals surface area contributed by atoms with Crippen LogP contribution in [0.1, 0.15) is 17.3 Å². The second-order valence-electron chi connectivity index (χ2n) is 3.72. The molecule has 1 aromatic heterocycles. The summed E-state index contributed by atoms with van der Waals surface area (Å²) in [5, 5.41) is 0.0487. The molecule has 1 atom stereocenters. The van der Waals surface area contributed by atoms with Gasteiger partial charge in [0, 0.05) is 13.6 Å². The predicted molar refractivity (Wildman–Crippen MR) is 61.9 cm³/mol. The van der Waals surface area contributed by atoms with Crippen molar-refractivity contribution in [3.05, 3.63) is 23.1 Å². The first-order valence-corrected chi connectivity index (χ1v) is 5.41. The number of carbonyl (C=O) groups is 2. The number of methoxy groups -OCH3 is 1. The largest absolute Gasteiger partial charge is 0.469 e. The van der Waals surface area contributed by atoms with Crippen LogP contribution in [0.3, 0.4) is 0 Å². The van der Waals surface area contributed by atoms with Gasteiger partial charge < -0.3 is 14.1 Å². The third-order valence-corrected chi connectivity index (χ3v) is 2.64. The monoisotopic (exact) mass is 259 g/mol. The summed E-state index contributed by atoms with van der Waals surface area (Å²) in [6.07, 6.45) is 1.34. The van der Waals surface area contributed by atoms with Gasteiger partial charge in [0.1, 0.15) is 0 Å². The van der Waals surface area contributed by atoms with Crippen molar-refractivity contribution < 1.29 is 18.7 Å². The Morgan fingerprint density at radius 1 is 1.59 bits per heavy atom. The number of nitrogens with zero attached hydrogens (tertiary/aromatic N) is 1. The number of amides is 1. The molecule has 1 unspecified atom stereocenters. The van der Waals surface area contributed by atoms with Gasteiger partial charge in [0.15, 0.2) is 0 Å². The van der Waals surface area contributed by atoms with Crippen LogP contribution in [0, 0.1) is 5.92 Å². The van der Waals surface area contributed by atoms with E-state index >= 15 is 0 Å². The summed E-state index contributed by atoms with van der Waals surface area (Å²) in [6.45, 7) is 1.94. The molecule has 0 saturated carbocycles. The Bertz CT molecular complexity index is 415. The first-order chi connectivity index (χ1) is 7.97. The Hall–Kier alpha value is -1.49. The topological polar surface area (TPSA) is 59.8 Å². The van der Waals surface area contributed by atoms with Crippen LogP contribution in [-0.2, 0) is 9.53 Å². The van der Waals surface area contributed by atoms with Gasteiger partial charge >= 0.3 is 5.97 Å². The normalized spacial score (nSPS) is 12.0. The minimum Gasteiger partial charge on any atom is -0.469 e. The maximum Gasteiger partial charge on any atom is 0.310 e. The van der Waals surface area contributed by atoms with Crippen LogP contribution >= 0.6 is 11.6 Å². The molecule has 6 heteroatoms. The first-order valence-electron chi connectivity index (χ1n) is 5.03. The van der Waals surface area contributed by atoms with Crippen molar-refractivity contribution in [2.75, 3.05) is 20.7 Å². The lowest BCUT2D eigenvalue weighted by molar-refractivity contribution is -0.145. The van der Waals surface area contributed by atoms with E-state index in [1.54, 1.807) is 14.0 Å². The molecule has 0 radical (unpaired) electrons. The van der Waals surface area contributed by atoms with Gasteiger partial charge in [0.2, 0.25) is 5.22 Å². The van der Waals surface area contributed by atoms with Gasteiger partial charge in [0.05, 0.1) is 24.9 Å². The molecule has 0 fully saturated rings. The molecule has 94 valence electrons. The van der Waals surface area contributed by atoms with Crippen molar-refractivity contribution in [1.82, 2.24) is 4.90 Å². The summed E-state index contributed by atoms with van der Waals surface area (Å²) in [4.78, 5) is 24.5. The molecular weight excluding hydrogens is 246 g/mol. The highest BCUT2D eigenvalue weighted by Crippen LogP contribution is 2.18. The highest BCUT2D eigenvalue weighted by atomic mass is 35.5. The minimum absolute atomic E-state index is 0.0487. The molecule has 0 aliphatic carbocycles. The minimum atomic E-state index is -0.389. The van der Waals surface area contributed by atoms with E-state index in [4.69, 9.17) is 16.0 Å². The summed E-state index contributed by atoms with van der Waals surface area (Å²) in [5.41, 5.74) is 0.284. The Morgan fingerprint density at radius 2 is 2.24 bits per heavy atom. The van der Waals surface area contributed by atoms with Gasteiger partial charge in [-0.3, -0.25) is 9.59 Å². The van der Waals surface area contributed by atoms with Gasteiger partial charge in [-0.2, -0.15) is 0 Å². The van der Waals surface area contributed by atoms with Crippen molar-refractivity contribution in [3.8, 4) is 0 Å². The van der Waals surface area contributed by atoms with Crippen molar-refractivity contribution in [2.45, 2.75) is 6.92 Å². The number of hydrogen-bond acceptors (Lipinski definition) is 4. The quantitative estimate of drug-likeness (QED) is 0.774. The zero-order valence-corrected chi connectivity index (χ0v) is 10.7. The molecule has 17 heavy (non-hydrogen) atoms. The van der Waals surface area contributed by atoms with E-state index in [2.05, 4.69) is 4.74 Å². The van der Waals surface area contributed by atoms with Gasteiger partial charge in [0.25, 0.3) is 5.91 Å². The lowest BCUT2D eigenvalue weighted by Crippen LogP contribution is -2.34. The van der Waals surface area contributed by atoms with E-state index in [9.17, 15) is 9.59 Å².